The van der Waals surface area contributed by atoms with E-state index in [1.807, 2.05) is 42.5 Å². The van der Waals surface area contributed by atoms with E-state index >= 15 is 0 Å². The van der Waals surface area contributed by atoms with Crippen molar-refractivity contribution in [1.29, 1.82) is 0 Å². The maximum atomic E-state index is 13.8. The summed E-state index contributed by atoms with van der Waals surface area (Å²) < 4.78 is 0. The number of carboxylic acid groups (broad SMARTS) is 1. The molecule has 2 aromatic rings. The van der Waals surface area contributed by atoms with Gasteiger partial charge in [-0.3, -0.25) is 24.1 Å². The molecule has 2 fully saturated rings. The van der Waals surface area contributed by atoms with Gasteiger partial charge in [0.15, 0.2) is 0 Å². The lowest BCUT2D eigenvalue weighted by atomic mass is 9.87. The number of carboxylic acids is 1. The van der Waals surface area contributed by atoms with E-state index in [1.54, 1.807) is 21.9 Å². The highest BCUT2D eigenvalue weighted by Crippen LogP contribution is 2.32. The molecule has 3 aliphatic rings. The van der Waals surface area contributed by atoms with Crippen LogP contribution in [0.3, 0.4) is 0 Å². The van der Waals surface area contributed by atoms with E-state index in [4.69, 9.17) is 5.11 Å². The van der Waals surface area contributed by atoms with Crippen LogP contribution in [0.2, 0.25) is 0 Å². The standard InChI is InChI=1S/C26H26N4O6/c31-21(32)16-30-24(35)26(27-25(30)36)10-12-28(13-11-26)23(34)20(14-17-6-2-1-3-7-17)29-15-18-8-4-5-9-19(18)22(29)33/h1-9,20H,10-16H2,(H,27,36)(H,31,32)/t20-/m1/s1. The number of amides is 5. The lowest BCUT2D eigenvalue weighted by molar-refractivity contribution is -0.144. The fraction of sp³-hybridized carbons (Fsp3) is 0.346. The average Bonchev–Trinajstić information content (AvgIpc) is 3.32. The van der Waals surface area contributed by atoms with Crippen LogP contribution in [0.25, 0.3) is 0 Å². The van der Waals surface area contributed by atoms with Crippen molar-refractivity contribution in [1.82, 2.24) is 20.0 Å². The second-order valence-corrected chi connectivity index (χ2v) is 9.42. The van der Waals surface area contributed by atoms with Gasteiger partial charge in [-0.25, -0.2) is 4.79 Å². The third-order valence-corrected chi connectivity index (χ3v) is 7.25. The van der Waals surface area contributed by atoms with Crippen LogP contribution in [0.4, 0.5) is 4.79 Å². The lowest BCUT2D eigenvalue weighted by Gasteiger charge is -2.40. The van der Waals surface area contributed by atoms with Gasteiger partial charge in [0.05, 0.1) is 0 Å². The van der Waals surface area contributed by atoms with Gasteiger partial charge in [-0.15, -0.1) is 0 Å². The zero-order valence-corrected chi connectivity index (χ0v) is 19.6. The molecule has 5 rings (SSSR count). The highest BCUT2D eigenvalue weighted by molar-refractivity contribution is 6.08. The molecule has 0 aliphatic carbocycles. The molecule has 36 heavy (non-hydrogen) atoms. The zero-order valence-electron chi connectivity index (χ0n) is 19.6. The Balaban J connectivity index is 1.34. The maximum Gasteiger partial charge on any atom is 0.325 e. The number of likely N-dealkylation sites (tertiary alicyclic amines) is 1. The molecule has 5 amide bonds. The predicted molar refractivity (Wildman–Crippen MR) is 127 cm³/mol. The molecule has 0 unspecified atom stereocenters. The Morgan fingerprint density at radius 1 is 0.972 bits per heavy atom. The van der Waals surface area contributed by atoms with Crippen LogP contribution in [0.5, 0.6) is 0 Å². The number of nitrogens with one attached hydrogen (secondary N) is 1. The molecule has 3 heterocycles. The van der Waals surface area contributed by atoms with Gasteiger partial charge in [-0.2, -0.15) is 0 Å². The largest absolute Gasteiger partial charge is 0.480 e. The van der Waals surface area contributed by atoms with Crippen LogP contribution >= 0.6 is 0 Å². The summed E-state index contributed by atoms with van der Waals surface area (Å²) in [6.07, 6.45) is 0.695. The van der Waals surface area contributed by atoms with E-state index in [2.05, 4.69) is 5.32 Å². The van der Waals surface area contributed by atoms with Crippen molar-refractivity contribution in [3.8, 4) is 0 Å². The Kier molecular flexibility index (Phi) is 5.95. The molecule has 10 heteroatoms. The molecule has 2 N–H and O–H groups in total. The van der Waals surface area contributed by atoms with Crippen LogP contribution in [0, 0.1) is 0 Å². The Bertz CT molecular complexity index is 1240. The van der Waals surface area contributed by atoms with Crippen LogP contribution in [0.1, 0.15) is 34.3 Å². The van der Waals surface area contributed by atoms with Crippen molar-refractivity contribution in [3.05, 3.63) is 71.3 Å². The van der Waals surface area contributed by atoms with Crippen molar-refractivity contribution >= 4 is 29.7 Å². The number of nitrogens with zero attached hydrogens (tertiary/aromatic N) is 3. The van der Waals surface area contributed by atoms with Crippen molar-refractivity contribution < 1.29 is 29.1 Å². The number of hydrogen-bond acceptors (Lipinski definition) is 5. The van der Waals surface area contributed by atoms with E-state index in [0.717, 1.165) is 11.1 Å². The minimum atomic E-state index is -1.27. The normalized spacial score (nSPS) is 19.4. The third-order valence-electron chi connectivity index (χ3n) is 7.25. The van der Waals surface area contributed by atoms with Gasteiger partial charge in [-0.05, 0) is 30.0 Å². The van der Waals surface area contributed by atoms with Gasteiger partial charge in [0.1, 0.15) is 18.1 Å². The van der Waals surface area contributed by atoms with Crippen molar-refractivity contribution in [2.24, 2.45) is 0 Å². The van der Waals surface area contributed by atoms with E-state index in [0.29, 0.717) is 23.4 Å². The zero-order chi connectivity index (χ0) is 25.4. The molecule has 0 aromatic heterocycles. The SMILES string of the molecule is O=C(O)CN1C(=O)NC2(CCN(C(=O)[C@@H](Cc3ccccc3)N3Cc4ccccc4C3=O)CC2)C1=O. The molecule has 0 bridgehead atoms. The second kappa shape index (κ2) is 9.10. The molecule has 1 spiro atoms. The first-order valence-electron chi connectivity index (χ1n) is 11.9. The molecule has 2 saturated heterocycles. The summed E-state index contributed by atoms with van der Waals surface area (Å²) in [6, 6.07) is 15.4. The van der Waals surface area contributed by atoms with Gasteiger partial charge >= 0.3 is 12.0 Å². The van der Waals surface area contributed by atoms with Crippen LogP contribution in [-0.4, -0.2) is 80.7 Å². The van der Waals surface area contributed by atoms with Crippen molar-refractivity contribution in [2.45, 2.75) is 37.4 Å². The molecule has 0 radical (unpaired) electrons. The lowest BCUT2D eigenvalue weighted by Crippen LogP contribution is -2.59. The van der Waals surface area contributed by atoms with Crippen molar-refractivity contribution in [3.63, 3.8) is 0 Å². The number of carbonyl (C=O) groups excluding carboxylic acids is 4. The first-order valence-corrected chi connectivity index (χ1v) is 11.9. The first kappa shape index (κ1) is 23.5. The van der Waals surface area contributed by atoms with Gasteiger partial charge < -0.3 is 20.2 Å². The number of hydrogen-bond donors (Lipinski definition) is 2. The monoisotopic (exact) mass is 490 g/mol. The summed E-state index contributed by atoms with van der Waals surface area (Å²) >= 11 is 0. The fourth-order valence-corrected chi connectivity index (χ4v) is 5.31. The molecular formula is C26H26N4O6. The topological polar surface area (TPSA) is 127 Å². The third kappa shape index (κ3) is 4.08. The van der Waals surface area contributed by atoms with Crippen LogP contribution in [0.15, 0.2) is 54.6 Å². The number of urea groups is 1. The Morgan fingerprint density at radius 3 is 2.31 bits per heavy atom. The number of fused-ring (bicyclic) bond motifs is 1. The first-order chi connectivity index (χ1) is 17.3. The minimum absolute atomic E-state index is 0.172. The van der Waals surface area contributed by atoms with Gasteiger partial charge in [-0.1, -0.05) is 48.5 Å². The summed E-state index contributed by atoms with van der Waals surface area (Å²) in [5.41, 5.74) is 1.19. The summed E-state index contributed by atoms with van der Waals surface area (Å²) in [4.78, 5) is 67.2. The predicted octanol–water partition coefficient (Wildman–Crippen LogP) is 1.25. The Morgan fingerprint density at radius 2 is 1.64 bits per heavy atom. The number of imide groups is 1. The molecule has 2 aromatic carbocycles. The van der Waals surface area contributed by atoms with E-state index in [9.17, 15) is 24.0 Å². The molecule has 3 aliphatic heterocycles. The van der Waals surface area contributed by atoms with Crippen LogP contribution in [-0.2, 0) is 27.3 Å². The Hall–Kier alpha value is -4.21. The second-order valence-electron chi connectivity index (χ2n) is 9.42. The number of carbonyl (C=O) groups is 5. The van der Waals surface area contributed by atoms with E-state index in [1.165, 1.54) is 0 Å². The summed E-state index contributed by atoms with van der Waals surface area (Å²) in [5.74, 6) is -2.25. The Labute approximate surface area is 207 Å². The number of piperidine rings is 1. The summed E-state index contributed by atoms with van der Waals surface area (Å²) in [6.45, 7) is 0.0403. The van der Waals surface area contributed by atoms with Gasteiger partial charge in [0.2, 0.25) is 5.91 Å². The highest BCUT2D eigenvalue weighted by Gasteiger charge is 2.53. The molecule has 186 valence electrons. The highest BCUT2D eigenvalue weighted by atomic mass is 16.4. The summed E-state index contributed by atoms with van der Waals surface area (Å²) in [7, 11) is 0. The van der Waals surface area contributed by atoms with Gasteiger partial charge in [0, 0.05) is 31.6 Å². The molecule has 1 atom stereocenters. The maximum absolute atomic E-state index is 13.8. The number of benzene rings is 2. The quantitative estimate of drug-likeness (QED) is 0.587. The van der Waals surface area contributed by atoms with E-state index in [-0.39, 0.29) is 37.7 Å². The summed E-state index contributed by atoms with van der Waals surface area (Å²) in [5, 5.41) is 11.7. The van der Waals surface area contributed by atoms with Crippen LogP contribution < -0.4 is 5.32 Å². The van der Waals surface area contributed by atoms with E-state index < -0.39 is 36.0 Å². The molecule has 0 saturated carbocycles. The molecule has 10 nitrogen and oxygen atoms in total. The molecular weight excluding hydrogens is 464 g/mol. The fourth-order valence-electron chi connectivity index (χ4n) is 5.31. The smallest absolute Gasteiger partial charge is 0.325 e. The average molecular weight is 491 g/mol. The minimum Gasteiger partial charge on any atom is -0.480 e. The van der Waals surface area contributed by atoms with Gasteiger partial charge in [0.25, 0.3) is 11.8 Å². The number of aliphatic carboxylic acids is 1. The number of rotatable bonds is 6. The van der Waals surface area contributed by atoms with Crippen molar-refractivity contribution in [2.75, 3.05) is 19.6 Å².